The van der Waals surface area contributed by atoms with Gasteiger partial charge in [-0.1, -0.05) is 5.21 Å². The molecule has 0 radical (unpaired) electrons. The number of nitrogens with zero attached hydrogens (tertiary/aromatic N) is 5. The van der Waals surface area contributed by atoms with Crippen LogP contribution in [0.2, 0.25) is 0 Å². The molecule has 2 heterocycles. The first-order valence-corrected chi connectivity index (χ1v) is 8.29. The quantitative estimate of drug-likeness (QED) is 0.616. The van der Waals surface area contributed by atoms with Gasteiger partial charge in [0.05, 0.1) is 18.9 Å². The highest BCUT2D eigenvalue weighted by Gasteiger charge is 2.21. The van der Waals surface area contributed by atoms with Gasteiger partial charge in [-0.25, -0.2) is 9.78 Å². The van der Waals surface area contributed by atoms with Crippen molar-refractivity contribution < 1.29 is 14.3 Å². The number of benzene rings is 1. The third-order valence-corrected chi connectivity index (χ3v) is 3.83. The molecule has 0 aliphatic heterocycles. The lowest BCUT2D eigenvalue weighted by Crippen LogP contribution is -2.29. The lowest BCUT2D eigenvalue weighted by molar-refractivity contribution is -0.146. The average Bonchev–Trinajstić information content (AvgIpc) is 3.07. The van der Waals surface area contributed by atoms with Crippen LogP contribution in [0.5, 0.6) is 5.75 Å². The van der Waals surface area contributed by atoms with Crippen LogP contribution in [0.25, 0.3) is 16.9 Å². The lowest BCUT2D eigenvalue weighted by Gasteiger charge is -2.12. The normalized spacial score (nSPS) is 12.1. The van der Waals surface area contributed by atoms with E-state index in [1.54, 1.807) is 38.1 Å². The molecule has 0 spiro atoms. The fraction of sp³-hybridized carbons (Fsp3) is 0.353. The first kappa shape index (κ1) is 17.6. The number of fused-ring (bicyclic) bond motifs is 1. The van der Waals surface area contributed by atoms with E-state index < -0.39 is 17.6 Å². The van der Waals surface area contributed by atoms with Gasteiger partial charge >= 0.3 is 5.97 Å². The number of rotatable bonds is 6. The monoisotopic (exact) mass is 357 g/mol. The van der Waals surface area contributed by atoms with Gasteiger partial charge in [-0.2, -0.15) is 4.68 Å². The highest BCUT2D eigenvalue weighted by Crippen LogP contribution is 2.17. The zero-order valence-corrected chi connectivity index (χ0v) is 14.7. The summed E-state index contributed by atoms with van der Waals surface area (Å²) in [5, 5.41) is 7.95. The van der Waals surface area contributed by atoms with Crippen LogP contribution in [0.1, 0.15) is 26.8 Å². The van der Waals surface area contributed by atoms with Crippen LogP contribution in [0.3, 0.4) is 0 Å². The topological polar surface area (TPSA) is 101 Å². The fourth-order valence-electron chi connectivity index (χ4n) is 2.50. The van der Waals surface area contributed by atoms with E-state index in [9.17, 15) is 9.59 Å². The predicted molar refractivity (Wildman–Crippen MR) is 93.4 cm³/mol. The molecular formula is C17H19N5O4. The van der Waals surface area contributed by atoms with Gasteiger partial charge in [-0.05, 0) is 45.0 Å². The van der Waals surface area contributed by atoms with Crippen molar-refractivity contribution in [2.45, 2.75) is 26.8 Å². The summed E-state index contributed by atoms with van der Waals surface area (Å²) in [7, 11) is 0. The van der Waals surface area contributed by atoms with Crippen molar-refractivity contribution in [1.82, 2.24) is 24.5 Å². The van der Waals surface area contributed by atoms with Crippen LogP contribution in [0, 0.1) is 0 Å². The third kappa shape index (κ3) is 3.15. The molecule has 0 amide bonds. The summed E-state index contributed by atoms with van der Waals surface area (Å²) in [6, 6.07) is 6.41. The van der Waals surface area contributed by atoms with Crippen molar-refractivity contribution in [1.29, 1.82) is 0 Å². The Labute approximate surface area is 149 Å². The molecule has 1 aromatic carbocycles. The average molecular weight is 357 g/mol. The first-order chi connectivity index (χ1) is 12.6. The molecule has 0 saturated carbocycles. The molecule has 3 rings (SSSR count). The van der Waals surface area contributed by atoms with Crippen molar-refractivity contribution >= 4 is 17.1 Å². The molecule has 2 aromatic heterocycles. The molecule has 26 heavy (non-hydrogen) atoms. The minimum absolute atomic E-state index is 0.0810. The second-order valence-electron chi connectivity index (χ2n) is 5.49. The van der Waals surface area contributed by atoms with Crippen molar-refractivity contribution in [3.05, 3.63) is 40.9 Å². The van der Waals surface area contributed by atoms with Gasteiger partial charge in [0.25, 0.3) is 5.56 Å². The highest BCUT2D eigenvalue weighted by atomic mass is 16.5. The number of ether oxygens (including phenoxy) is 2. The minimum Gasteiger partial charge on any atom is -0.494 e. The Morgan fingerprint density at radius 3 is 2.58 bits per heavy atom. The van der Waals surface area contributed by atoms with E-state index in [0.717, 1.165) is 5.75 Å². The van der Waals surface area contributed by atoms with Crippen LogP contribution in [0.4, 0.5) is 0 Å². The Morgan fingerprint density at radius 2 is 1.92 bits per heavy atom. The molecule has 136 valence electrons. The fourth-order valence-corrected chi connectivity index (χ4v) is 2.50. The summed E-state index contributed by atoms with van der Waals surface area (Å²) in [6.45, 7) is 6.00. The zero-order chi connectivity index (χ0) is 18.7. The summed E-state index contributed by atoms with van der Waals surface area (Å²) in [5.74, 6) is 0.230. The van der Waals surface area contributed by atoms with Crippen LogP contribution in [-0.2, 0) is 9.53 Å². The Bertz CT molecular complexity index is 977. The molecule has 9 heteroatoms. The van der Waals surface area contributed by atoms with Crippen LogP contribution in [-0.4, -0.2) is 43.7 Å². The first-order valence-electron chi connectivity index (χ1n) is 8.29. The van der Waals surface area contributed by atoms with Gasteiger partial charge in [-0.3, -0.25) is 9.36 Å². The van der Waals surface area contributed by atoms with Crippen LogP contribution < -0.4 is 10.3 Å². The van der Waals surface area contributed by atoms with Gasteiger partial charge in [0.2, 0.25) is 0 Å². The Morgan fingerprint density at radius 1 is 1.19 bits per heavy atom. The largest absolute Gasteiger partial charge is 0.494 e. The summed E-state index contributed by atoms with van der Waals surface area (Å²) >= 11 is 0. The number of carbonyl (C=O) groups excluding carboxylic acids is 1. The smallest absolute Gasteiger partial charge is 0.328 e. The maximum atomic E-state index is 12.6. The summed E-state index contributed by atoms with van der Waals surface area (Å²) in [4.78, 5) is 28.8. The SMILES string of the molecule is CCOC(=O)[C@H](C)n1cnc2c(nnn2-c2ccc(OCC)cc2)c1=O. The number of aromatic nitrogens is 5. The maximum Gasteiger partial charge on any atom is 0.328 e. The molecule has 0 saturated heterocycles. The predicted octanol–water partition coefficient (Wildman–Crippen LogP) is 1.50. The van der Waals surface area contributed by atoms with Crippen molar-refractivity contribution in [2.24, 2.45) is 0 Å². The van der Waals surface area contributed by atoms with Gasteiger partial charge in [-0.15, -0.1) is 5.10 Å². The molecular weight excluding hydrogens is 338 g/mol. The second-order valence-corrected chi connectivity index (χ2v) is 5.49. The van der Waals surface area contributed by atoms with E-state index in [1.807, 2.05) is 6.92 Å². The van der Waals surface area contributed by atoms with Crippen LogP contribution >= 0.6 is 0 Å². The molecule has 9 nitrogen and oxygen atoms in total. The molecule has 0 bridgehead atoms. The molecule has 0 aliphatic rings. The Hall–Kier alpha value is -3.23. The number of esters is 1. The molecule has 0 fully saturated rings. The molecule has 0 N–H and O–H groups in total. The van der Waals surface area contributed by atoms with Crippen molar-refractivity contribution in [3.8, 4) is 11.4 Å². The van der Waals surface area contributed by atoms with Crippen molar-refractivity contribution in [2.75, 3.05) is 13.2 Å². The number of hydrogen-bond donors (Lipinski definition) is 0. The molecule has 0 aliphatic carbocycles. The summed E-state index contributed by atoms with van der Waals surface area (Å²) < 4.78 is 13.0. The summed E-state index contributed by atoms with van der Waals surface area (Å²) in [6.07, 6.45) is 1.31. The van der Waals surface area contributed by atoms with E-state index >= 15 is 0 Å². The minimum atomic E-state index is -0.796. The van der Waals surface area contributed by atoms with E-state index in [-0.39, 0.29) is 12.1 Å². The second kappa shape index (κ2) is 7.34. The van der Waals surface area contributed by atoms with E-state index in [4.69, 9.17) is 9.47 Å². The van der Waals surface area contributed by atoms with Gasteiger partial charge in [0, 0.05) is 0 Å². The molecule has 3 aromatic rings. The van der Waals surface area contributed by atoms with Crippen molar-refractivity contribution in [3.63, 3.8) is 0 Å². The Balaban J connectivity index is 2.00. The standard InChI is InChI=1S/C17H19N5O4/c1-4-25-13-8-6-12(7-9-13)22-15-14(19-20-22)16(23)21(10-18-15)11(3)17(24)26-5-2/h6-11H,4-5H2,1-3H3/t11-/m0/s1. The van der Waals surface area contributed by atoms with Gasteiger partial charge in [0.1, 0.15) is 18.1 Å². The van der Waals surface area contributed by atoms with E-state index in [1.165, 1.54) is 15.6 Å². The molecule has 1 atom stereocenters. The lowest BCUT2D eigenvalue weighted by atomic mass is 10.3. The highest BCUT2D eigenvalue weighted by molar-refractivity contribution is 5.75. The third-order valence-electron chi connectivity index (χ3n) is 3.83. The van der Waals surface area contributed by atoms with Gasteiger partial charge in [0.15, 0.2) is 11.2 Å². The number of hydrogen-bond acceptors (Lipinski definition) is 7. The maximum absolute atomic E-state index is 12.6. The Kier molecular flexibility index (Phi) is 4.97. The van der Waals surface area contributed by atoms with Crippen LogP contribution in [0.15, 0.2) is 35.4 Å². The zero-order valence-electron chi connectivity index (χ0n) is 14.7. The number of carbonyl (C=O) groups is 1. The van der Waals surface area contributed by atoms with E-state index in [2.05, 4.69) is 15.3 Å². The van der Waals surface area contributed by atoms with Gasteiger partial charge < -0.3 is 9.47 Å². The molecule has 0 unspecified atom stereocenters. The van der Waals surface area contributed by atoms with E-state index in [0.29, 0.717) is 17.9 Å². The summed E-state index contributed by atoms with van der Waals surface area (Å²) in [5.41, 5.74) is 0.635.